The number of benzene rings is 3. The van der Waals surface area contributed by atoms with Crippen LogP contribution < -0.4 is 16.1 Å². The van der Waals surface area contributed by atoms with E-state index in [2.05, 4.69) is 10.4 Å². The third kappa shape index (κ3) is 4.80. The number of nitrogen functional groups attached to an aromatic ring is 1. The van der Waals surface area contributed by atoms with Gasteiger partial charge in [-0.25, -0.2) is 0 Å². The molecule has 0 atom stereocenters. The summed E-state index contributed by atoms with van der Waals surface area (Å²) in [5.41, 5.74) is 7.27. The fraction of sp³-hybridized carbons (Fsp3) is 0. The molecule has 2 amide bonds. The van der Waals surface area contributed by atoms with Crippen molar-refractivity contribution >= 4 is 69.9 Å². The highest BCUT2D eigenvalue weighted by atomic mass is 35.5. The molecule has 0 fully saturated rings. The van der Waals surface area contributed by atoms with Crippen molar-refractivity contribution in [2.45, 2.75) is 0 Å². The number of nitrogens with zero attached hydrogens (tertiary/aromatic N) is 2. The molecule has 4 rings (SSSR count). The van der Waals surface area contributed by atoms with Gasteiger partial charge in [-0.15, -0.1) is 5.10 Å². The lowest BCUT2D eigenvalue weighted by Crippen LogP contribution is -2.31. The molecule has 1 aliphatic rings. The molecule has 33 heavy (non-hydrogen) atoms. The zero-order valence-electron chi connectivity index (χ0n) is 16.7. The molecule has 1 aliphatic heterocycles. The molecule has 3 aromatic carbocycles. The molecule has 0 spiro atoms. The predicted octanol–water partition coefficient (Wildman–Crippen LogP) is 5.11. The number of hydrogen-bond donors (Lipinski definition) is 3. The number of aromatic hydroxyl groups is 1. The van der Waals surface area contributed by atoms with Crippen molar-refractivity contribution in [3.63, 3.8) is 0 Å². The van der Waals surface area contributed by atoms with E-state index in [0.717, 1.165) is 5.01 Å². The number of hydrazone groups is 1. The first-order valence-corrected chi connectivity index (χ1v) is 10.6. The summed E-state index contributed by atoms with van der Waals surface area (Å²) in [6.45, 7) is 0. The first kappa shape index (κ1) is 22.7. The topological polar surface area (TPSA) is 108 Å². The summed E-state index contributed by atoms with van der Waals surface area (Å²) in [5.74, 6) is -1.03. The van der Waals surface area contributed by atoms with E-state index < -0.39 is 11.8 Å². The lowest BCUT2D eigenvalue weighted by atomic mass is 10.1. The predicted molar refractivity (Wildman–Crippen MR) is 131 cm³/mol. The molecular formula is C23H15Cl3N4O3. The van der Waals surface area contributed by atoms with Crippen LogP contribution in [-0.2, 0) is 4.79 Å². The fourth-order valence-electron chi connectivity index (χ4n) is 3.12. The van der Waals surface area contributed by atoms with Crippen LogP contribution >= 0.6 is 34.8 Å². The van der Waals surface area contributed by atoms with Crippen molar-refractivity contribution in [2.75, 3.05) is 10.7 Å². The molecule has 10 heteroatoms. The highest BCUT2D eigenvalue weighted by Crippen LogP contribution is 2.39. The number of carbonyl (C=O) groups is 2. The third-order valence-corrected chi connectivity index (χ3v) is 5.45. The fourth-order valence-corrected chi connectivity index (χ4v) is 4.10. The van der Waals surface area contributed by atoms with E-state index >= 15 is 0 Å². The van der Waals surface area contributed by atoms with Gasteiger partial charge < -0.3 is 16.2 Å². The van der Waals surface area contributed by atoms with E-state index in [9.17, 15) is 14.7 Å². The molecule has 0 saturated heterocycles. The number of amidine groups is 1. The van der Waals surface area contributed by atoms with Gasteiger partial charge in [0.25, 0.3) is 11.8 Å². The van der Waals surface area contributed by atoms with Crippen LogP contribution in [0.3, 0.4) is 0 Å². The van der Waals surface area contributed by atoms with Crippen LogP contribution in [0.15, 0.2) is 71.3 Å². The van der Waals surface area contributed by atoms with Crippen molar-refractivity contribution in [3.8, 4) is 5.75 Å². The molecule has 4 N–H and O–H groups in total. The van der Waals surface area contributed by atoms with E-state index in [4.69, 9.17) is 40.5 Å². The molecule has 0 bridgehead atoms. The monoisotopic (exact) mass is 500 g/mol. The first-order valence-electron chi connectivity index (χ1n) is 9.48. The third-order valence-electron chi connectivity index (χ3n) is 4.66. The number of rotatable bonds is 3. The summed E-state index contributed by atoms with van der Waals surface area (Å²) < 4.78 is 0. The van der Waals surface area contributed by atoms with Crippen LogP contribution in [0.2, 0.25) is 15.1 Å². The smallest absolute Gasteiger partial charge is 0.282 e. The summed E-state index contributed by atoms with van der Waals surface area (Å²) in [4.78, 5) is 26.1. The van der Waals surface area contributed by atoms with E-state index in [1.807, 2.05) is 0 Å². The maximum Gasteiger partial charge on any atom is 0.282 e. The van der Waals surface area contributed by atoms with Crippen LogP contribution in [0.1, 0.15) is 15.9 Å². The second-order valence-electron chi connectivity index (χ2n) is 7.01. The Hall–Kier alpha value is -3.52. The Morgan fingerprint density at radius 2 is 1.70 bits per heavy atom. The largest absolute Gasteiger partial charge is 0.508 e. The molecule has 3 aromatic rings. The standard InChI is InChI=1S/C23H15Cl3N4O3/c24-14-10-18(25)20(19(26)11-14)30-23(33)17(8-12-4-6-16(31)7-5-12)21(29-30)28-22(32)13-2-1-3-15(27)9-13/h1-11,31H,27H2,(H,28,29,32)/b17-8-. The average molecular weight is 502 g/mol. The Kier molecular flexibility index (Phi) is 6.29. The number of nitrogens with two attached hydrogens (primary N) is 1. The van der Waals surface area contributed by atoms with Crippen LogP contribution in [-0.4, -0.2) is 22.8 Å². The SMILES string of the molecule is Nc1cccc(C(=O)NC2=NN(c3c(Cl)cc(Cl)cc3Cl)C(=O)/C2=C\c2ccc(O)cc2)c1. The molecule has 0 radical (unpaired) electrons. The van der Waals surface area contributed by atoms with Crippen molar-refractivity contribution in [2.24, 2.45) is 5.10 Å². The van der Waals surface area contributed by atoms with Gasteiger partial charge in [-0.2, -0.15) is 5.01 Å². The molecule has 0 unspecified atom stereocenters. The van der Waals surface area contributed by atoms with Crippen LogP contribution in [0, 0.1) is 0 Å². The Morgan fingerprint density at radius 3 is 2.33 bits per heavy atom. The van der Waals surface area contributed by atoms with Gasteiger partial charge in [-0.3, -0.25) is 9.59 Å². The first-order chi connectivity index (χ1) is 15.7. The van der Waals surface area contributed by atoms with Crippen molar-refractivity contribution < 1.29 is 14.7 Å². The summed E-state index contributed by atoms with van der Waals surface area (Å²) in [6.07, 6.45) is 1.53. The second kappa shape index (κ2) is 9.15. The number of phenolic OH excluding ortho intramolecular Hbond substituents is 1. The minimum Gasteiger partial charge on any atom is -0.508 e. The van der Waals surface area contributed by atoms with Gasteiger partial charge in [0, 0.05) is 16.3 Å². The van der Waals surface area contributed by atoms with Gasteiger partial charge in [-0.1, -0.05) is 53.0 Å². The maximum absolute atomic E-state index is 13.3. The zero-order valence-corrected chi connectivity index (χ0v) is 19.0. The molecule has 7 nitrogen and oxygen atoms in total. The summed E-state index contributed by atoms with van der Waals surface area (Å²) in [7, 11) is 0. The van der Waals surface area contributed by atoms with Crippen LogP contribution in [0.25, 0.3) is 6.08 Å². The average Bonchev–Trinajstić information content (AvgIpc) is 3.04. The summed E-state index contributed by atoms with van der Waals surface area (Å²) in [6, 6.07) is 15.4. The zero-order chi connectivity index (χ0) is 23.7. The normalized spacial score (nSPS) is 14.5. The quantitative estimate of drug-likeness (QED) is 0.342. The summed E-state index contributed by atoms with van der Waals surface area (Å²) in [5, 5.41) is 18.0. The van der Waals surface area contributed by atoms with E-state index in [1.165, 1.54) is 36.4 Å². The lowest BCUT2D eigenvalue weighted by Gasteiger charge is -2.15. The Balaban J connectivity index is 1.78. The Morgan fingerprint density at radius 1 is 1.03 bits per heavy atom. The van der Waals surface area contributed by atoms with Gasteiger partial charge >= 0.3 is 0 Å². The number of anilines is 2. The van der Waals surface area contributed by atoms with Gasteiger partial charge in [-0.05, 0) is 54.1 Å². The van der Waals surface area contributed by atoms with E-state index in [0.29, 0.717) is 16.3 Å². The number of carbonyl (C=O) groups excluding carboxylic acids is 2. The van der Waals surface area contributed by atoms with Gasteiger partial charge in [0.15, 0.2) is 5.84 Å². The van der Waals surface area contributed by atoms with Crippen LogP contribution in [0.4, 0.5) is 11.4 Å². The van der Waals surface area contributed by atoms with Gasteiger partial charge in [0.05, 0.1) is 15.6 Å². The number of amides is 2. The minimum absolute atomic E-state index is 0.0115. The molecule has 0 saturated carbocycles. The van der Waals surface area contributed by atoms with E-state index in [1.54, 1.807) is 30.3 Å². The van der Waals surface area contributed by atoms with Crippen molar-refractivity contribution in [1.29, 1.82) is 0 Å². The Labute approximate surface area is 203 Å². The highest BCUT2D eigenvalue weighted by molar-refractivity contribution is 6.44. The summed E-state index contributed by atoms with van der Waals surface area (Å²) >= 11 is 18.6. The highest BCUT2D eigenvalue weighted by Gasteiger charge is 2.35. The lowest BCUT2D eigenvalue weighted by molar-refractivity contribution is -0.114. The maximum atomic E-state index is 13.3. The number of hydrogen-bond acceptors (Lipinski definition) is 5. The van der Waals surface area contributed by atoms with Gasteiger partial charge in [0.2, 0.25) is 0 Å². The van der Waals surface area contributed by atoms with E-state index in [-0.39, 0.29) is 38.5 Å². The molecule has 0 aromatic heterocycles. The second-order valence-corrected chi connectivity index (χ2v) is 8.26. The molecule has 166 valence electrons. The number of nitrogens with one attached hydrogen (secondary N) is 1. The number of phenols is 1. The molecular weight excluding hydrogens is 487 g/mol. The Bertz CT molecular complexity index is 1310. The van der Waals surface area contributed by atoms with Crippen molar-refractivity contribution in [3.05, 3.63) is 92.4 Å². The van der Waals surface area contributed by atoms with Crippen molar-refractivity contribution in [1.82, 2.24) is 5.32 Å². The number of halogens is 3. The minimum atomic E-state index is -0.572. The molecule has 0 aliphatic carbocycles. The van der Waals surface area contributed by atoms with Gasteiger partial charge in [0.1, 0.15) is 11.4 Å². The molecule has 1 heterocycles. The van der Waals surface area contributed by atoms with Crippen LogP contribution in [0.5, 0.6) is 5.75 Å².